The molecule has 29 heavy (non-hydrogen) atoms. The first kappa shape index (κ1) is 24.0. The molecule has 1 fully saturated rings. The molecule has 1 heterocycles. The molecule has 0 bridgehead atoms. The minimum Gasteiger partial charge on any atom is -0.490 e. The zero-order valence-electron chi connectivity index (χ0n) is 19.1. The molecule has 2 heteroatoms. The maximum atomic E-state index is 5.84. The second kappa shape index (κ2) is 14.7. The maximum absolute atomic E-state index is 5.84. The van der Waals surface area contributed by atoms with E-state index in [2.05, 4.69) is 44.2 Å². The number of benzene rings is 1. The minimum absolute atomic E-state index is 0.0555. The molecule has 2 nitrogen and oxygen atoms in total. The average Bonchev–Trinajstić information content (AvgIpc) is 3.47. The summed E-state index contributed by atoms with van der Waals surface area (Å²) in [4.78, 5) is 0. The van der Waals surface area contributed by atoms with E-state index < -0.39 is 0 Å². The first-order valence-electron chi connectivity index (χ1n) is 12.3. The normalized spacial score (nSPS) is 18.4. The van der Waals surface area contributed by atoms with Crippen molar-refractivity contribution < 1.29 is 9.47 Å². The molecule has 164 valence electrons. The second-order valence-corrected chi connectivity index (χ2v) is 9.03. The Kier molecular flexibility index (Phi) is 12.1. The monoisotopic (exact) mass is 400 g/mol. The highest BCUT2D eigenvalue weighted by atomic mass is 16.6. The second-order valence-electron chi connectivity index (χ2n) is 9.03. The Bertz CT molecular complexity index is 559. The summed E-state index contributed by atoms with van der Waals surface area (Å²) in [5.74, 6) is 0.935. The van der Waals surface area contributed by atoms with Gasteiger partial charge in [0.15, 0.2) is 0 Å². The Morgan fingerprint density at radius 3 is 2.07 bits per heavy atom. The lowest BCUT2D eigenvalue weighted by atomic mass is 10.0. The van der Waals surface area contributed by atoms with E-state index in [0.29, 0.717) is 6.61 Å². The fraction of sp³-hybridized carbons (Fsp3) is 0.704. The van der Waals surface area contributed by atoms with E-state index in [1.54, 1.807) is 0 Å². The van der Waals surface area contributed by atoms with Crippen molar-refractivity contribution in [2.24, 2.45) is 0 Å². The van der Waals surface area contributed by atoms with Crippen molar-refractivity contribution in [3.05, 3.63) is 35.9 Å². The number of hydrogen-bond donors (Lipinski definition) is 0. The van der Waals surface area contributed by atoms with Gasteiger partial charge in [-0.1, -0.05) is 108 Å². The van der Waals surface area contributed by atoms with Crippen molar-refractivity contribution in [3.63, 3.8) is 0 Å². The van der Waals surface area contributed by atoms with E-state index in [1.807, 2.05) is 6.07 Å². The predicted molar refractivity (Wildman–Crippen MR) is 126 cm³/mol. The van der Waals surface area contributed by atoms with E-state index in [0.717, 1.165) is 12.4 Å². The molecule has 1 aromatic rings. The molecule has 0 saturated carbocycles. The van der Waals surface area contributed by atoms with Gasteiger partial charge in [-0.05, 0) is 37.5 Å². The van der Waals surface area contributed by atoms with E-state index >= 15 is 0 Å². The topological polar surface area (TPSA) is 21.8 Å². The van der Waals surface area contributed by atoms with Crippen molar-refractivity contribution in [3.8, 4) is 5.75 Å². The lowest BCUT2D eigenvalue weighted by molar-refractivity contribution is 0.202. The zero-order chi connectivity index (χ0) is 20.6. The summed E-state index contributed by atoms with van der Waals surface area (Å²) in [6.07, 6.45) is 24.1. The lowest BCUT2D eigenvalue weighted by Crippen LogP contribution is -2.16. The average molecular weight is 401 g/mol. The SMILES string of the molecule is CCCCCCCCCCCCCCC/C=C/c1cccc(OCC2(C)CO2)c1. The summed E-state index contributed by atoms with van der Waals surface area (Å²) in [7, 11) is 0. The quantitative estimate of drug-likeness (QED) is 0.182. The molecular formula is C27H44O2. The minimum atomic E-state index is -0.0555. The van der Waals surface area contributed by atoms with Gasteiger partial charge in [0.25, 0.3) is 0 Å². The number of epoxide rings is 1. The van der Waals surface area contributed by atoms with Crippen LogP contribution in [-0.2, 0) is 4.74 Å². The Morgan fingerprint density at radius 2 is 1.48 bits per heavy atom. The van der Waals surface area contributed by atoms with E-state index in [-0.39, 0.29) is 5.60 Å². The van der Waals surface area contributed by atoms with Crippen LogP contribution in [0.15, 0.2) is 30.3 Å². The van der Waals surface area contributed by atoms with E-state index in [1.165, 1.54) is 95.5 Å². The molecular weight excluding hydrogens is 356 g/mol. The van der Waals surface area contributed by atoms with Gasteiger partial charge in [0, 0.05) is 0 Å². The summed E-state index contributed by atoms with van der Waals surface area (Å²) in [5.41, 5.74) is 1.17. The van der Waals surface area contributed by atoms with Gasteiger partial charge in [0.2, 0.25) is 0 Å². The summed E-state index contributed by atoms with van der Waals surface area (Å²) in [6.45, 7) is 5.83. The Morgan fingerprint density at radius 1 is 0.897 bits per heavy atom. The van der Waals surface area contributed by atoms with Crippen LogP contribution < -0.4 is 4.74 Å². The van der Waals surface area contributed by atoms with Gasteiger partial charge in [-0.15, -0.1) is 0 Å². The van der Waals surface area contributed by atoms with Crippen molar-refractivity contribution in [2.75, 3.05) is 13.2 Å². The highest BCUT2D eigenvalue weighted by molar-refractivity contribution is 5.51. The van der Waals surface area contributed by atoms with Gasteiger partial charge in [-0.25, -0.2) is 0 Å². The molecule has 2 rings (SSSR count). The smallest absolute Gasteiger partial charge is 0.123 e. The number of rotatable bonds is 18. The van der Waals surface area contributed by atoms with Crippen LogP contribution in [0.4, 0.5) is 0 Å². The van der Waals surface area contributed by atoms with Crippen LogP contribution in [0.5, 0.6) is 5.75 Å². The fourth-order valence-corrected chi connectivity index (χ4v) is 3.65. The largest absolute Gasteiger partial charge is 0.490 e. The highest BCUT2D eigenvalue weighted by Gasteiger charge is 2.40. The number of ether oxygens (including phenoxy) is 2. The van der Waals surface area contributed by atoms with Gasteiger partial charge in [-0.3, -0.25) is 0 Å². The molecule has 0 amide bonds. The van der Waals surface area contributed by atoms with E-state index in [9.17, 15) is 0 Å². The molecule has 0 spiro atoms. The summed E-state index contributed by atoms with van der Waals surface area (Å²) < 4.78 is 11.2. The predicted octanol–water partition coefficient (Wildman–Crippen LogP) is 8.35. The van der Waals surface area contributed by atoms with Crippen molar-refractivity contribution in [1.29, 1.82) is 0 Å². The van der Waals surface area contributed by atoms with Gasteiger partial charge in [0.1, 0.15) is 18.0 Å². The molecule has 1 atom stereocenters. The van der Waals surface area contributed by atoms with Gasteiger partial charge in [0.05, 0.1) is 6.61 Å². The maximum Gasteiger partial charge on any atom is 0.123 e. The van der Waals surface area contributed by atoms with Crippen LogP contribution in [0, 0.1) is 0 Å². The van der Waals surface area contributed by atoms with Crippen LogP contribution in [-0.4, -0.2) is 18.8 Å². The number of unbranched alkanes of at least 4 members (excludes halogenated alkanes) is 13. The van der Waals surface area contributed by atoms with Crippen LogP contribution in [0.3, 0.4) is 0 Å². The van der Waals surface area contributed by atoms with Crippen molar-refractivity contribution in [1.82, 2.24) is 0 Å². The number of hydrogen-bond acceptors (Lipinski definition) is 2. The summed E-state index contributed by atoms with van der Waals surface area (Å²) >= 11 is 0. The molecule has 1 aliphatic rings. The van der Waals surface area contributed by atoms with Gasteiger partial charge >= 0.3 is 0 Å². The first-order chi connectivity index (χ1) is 14.2. The Balaban J connectivity index is 1.41. The van der Waals surface area contributed by atoms with Crippen molar-refractivity contribution >= 4 is 6.08 Å². The third-order valence-electron chi connectivity index (χ3n) is 5.82. The third-order valence-corrected chi connectivity index (χ3v) is 5.82. The van der Waals surface area contributed by atoms with E-state index in [4.69, 9.17) is 9.47 Å². The Hall–Kier alpha value is -1.28. The fourth-order valence-electron chi connectivity index (χ4n) is 3.65. The van der Waals surface area contributed by atoms with Crippen LogP contribution in [0.1, 0.15) is 109 Å². The van der Waals surface area contributed by atoms with Gasteiger partial charge < -0.3 is 9.47 Å². The molecule has 1 saturated heterocycles. The molecule has 0 N–H and O–H groups in total. The summed E-state index contributed by atoms with van der Waals surface area (Å²) in [6, 6.07) is 8.35. The highest BCUT2D eigenvalue weighted by Crippen LogP contribution is 2.27. The molecule has 0 radical (unpaired) electrons. The first-order valence-corrected chi connectivity index (χ1v) is 12.3. The van der Waals surface area contributed by atoms with Crippen LogP contribution in [0.2, 0.25) is 0 Å². The summed E-state index contributed by atoms with van der Waals surface area (Å²) in [5, 5.41) is 0. The third kappa shape index (κ3) is 12.1. The standard InChI is InChI=1S/C27H44O2/c1-3-4-5-6-7-8-9-10-11-12-13-14-15-16-17-19-25-20-18-21-26(22-25)28-23-27(2)24-29-27/h17-22H,3-16,23-24H2,1-2H3/b19-17+. The molecule has 0 aromatic heterocycles. The molecule has 0 aliphatic carbocycles. The van der Waals surface area contributed by atoms with Crippen molar-refractivity contribution in [2.45, 2.75) is 109 Å². The number of allylic oxidation sites excluding steroid dienone is 1. The van der Waals surface area contributed by atoms with Gasteiger partial charge in [-0.2, -0.15) is 0 Å². The van der Waals surface area contributed by atoms with Crippen LogP contribution in [0.25, 0.3) is 6.08 Å². The molecule has 1 aromatic carbocycles. The zero-order valence-corrected chi connectivity index (χ0v) is 19.1. The van der Waals surface area contributed by atoms with Crippen LogP contribution >= 0.6 is 0 Å². The molecule has 1 unspecified atom stereocenters. The Labute approximate surface area is 180 Å². The molecule has 1 aliphatic heterocycles. The lowest BCUT2D eigenvalue weighted by Gasteiger charge is -2.09.